The number of hydrogen-bond donors (Lipinski definition) is 0. The van der Waals surface area contributed by atoms with Crippen molar-refractivity contribution in [1.29, 1.82) is 0 Å². The topological polar surface area (TPSA) is 59.1 Å². The highest BCUT2D eigenvalue weighted by Gasteiger charge is 2.30. The monoisotopic (exact) mass is 346 g/mol. The number of nitrogens with zero attached hydrogens (tertiary/aromatic N) is 2. The molecular weight excluding hydrogens is 320 g/mol. The Morgan fingerprint density at radius 2 is 1.80 bits per heavy atom. The van der Waals surface area contributed by atoms with Crippen LogP contribution in [-0.2, 0) is 9.53 Å². The molecule has 2 fully saturated rings. The Morgan fingerprint density at radius 1 is 1.08 bits per heavy atom. The fourth-order valence-electron chi connectivity index (χ4n) is 3.36. The number of hydrogen-bond acceptors (Lipinski definition) is 4. The molecule has 1 aromatic carbocycles. The third-order valence-corrected chi connectivity index (χ3v) is 4.71. The lowest BCUT2D eigenvalue weighted by Gasteiger charge is -2.24. The summed E-state index contributed by atoms with van der Waals surface area (Å²) in [5, 5.41) is 0. The van der Waals surface area contributed by atoms with Crippen LogP contribution in [0.25, 0.3) is 0 Å². The summed E-state index contributed by atoms with van der Waals surface area (Å²) in [6.45, 7) is 5.69. The van der Waals surface area contributed by atoms with Gasteiger partial charge in [-0.15, -0.1) is 0 Å². The summed E-state index contributed by atoms with van der Waals surface area (Å²) in [5.74, 6) is 0.852. The molecule has 0 bridgehead atoms. The van der Waals surface area contributed by atoms with Gasteiger partial charge in [-0.1, -0.05) is 0 Å². The van der Waals surface area contributed by atoms with E-state index in [4.69, 9.17) is 9.47 Å². The zero-order valence-corrected chi connectivity index (χ0v) is 14.8. The summed E-state index contributed by atoms with van der Waals surface area (Å²) in [6.07, 6.45) is 2.27. The van der Waals surface area contributed by atoms with Crippen molar-refractivity contribution in [3.63, 3.8) is 0 Å². The second kappa shape index (κ2) is 8.34. The van der Waals surface area contributed by atoms with Crippen LogP contribution in [0.15, 0.2) is 24.3 Å². The van der Waals surface area contributed by atoms with E-state index in [1.54, 1.807) is 12.1 Å². The van der Waals surface area contributed by atoms with E-state index in [0.717, 1.165) is 25.0 Å². The lowest BCUT2D eigenvalue weighted by atomic mass is 10.2. The lowest BCUT2D eigenvalue weighted by molar-refractivity contribution is -0.140. The Morgan fingerprint density at radius 3 is 2.48 bits per heavy atom. The van der Waals surface area contributed by atoms with Gasteiger partial charge in [-0.05, 0) is 50.5 Å². The molecule has 0 N–H and O–H groups in total. The maximum absolute atomic E-state index is 12.7. The largest absolute Gasteiger partial charge is 0.494 e. The van der Waals surface area contributed by atoms with Crippen molar-refractivity contribution in [3.8, 4) is 5.75 Å². The highest BCUT2D eigenvalue weighted by atomic mass is 16.5. The summed E-state index contributed by atoms with van der Waals surface area (Å²) in [5.41, 5.74) is 0.655. The predicted molar refractivity (Wildman–Crippen MR) is 93.7 cm³/mol. The van der Waals surface area contributed by atoms with Crippen LogP contribution in [0.4, 0.5) is 0 Å². The first kappa shape index (κ1) is 17.7. The van der Waals surface area contributed by atoms with Gasteiger partial charge >= 0.3 is 0 Å². The van der Waals surface area contributed by atoms with Crippen LogP contribution >= 0.6 is 0 Å². The van der Waals surface area contributed by atoms with Gasteiger partial charge in [0, 0.05) is 38.3 Å². The number of amides is 2. The van der Waals surface area contributed by atoms with E-state index in [1.165, 1.54) is 0 Å². The smallest absolute Gasteiger partial charge is 0.253 e. The van der Waals surface area contributed by atoms with Crippen LogP contribution in [0.3, 0.4) is 0 Å². The molecule has 2 saturated heterocycles. The van der Waals surface area contributed by atoms with Crippen LogP contribution in [0.2, 0.25) is 0 Å². The molecule has 0 radical (unpaired) electrons. The zero-order chi connectivity index (χ0) is 17.6. The molecule has 0 aromatic heterocycles. The van der Waals surface area contributed by atoms with Gasteiger partial charge in [0.05, 0.1) is 6.61 Å². The molecule has 6 nitrogen and oxygen atoms in total. The van der Waals surface area contributed by atoms with Gasteiger partial charge in [0.15, 0.2) is 0 Å². The number of benzene rings is 1. The molecule has 6 heteroatoms. The minimum Gasteiger partial charge on any atom is -0.494 e. The summed E-state index contributed by atoms with van der Waals surface area (Å²) >= 11 is 0. The highest BCUT2D eigenvalue weighted by molar-refractivity contribution is 5.94. The first-order valence-electron chi connectivity index (χ1n) is 9.11. The molecule has 0 saturated carbocycles. The van der Waals surface area contributed by atoms with Crippen LogP contribution < -0.4 is 4.74 Å². The molecule has 3 rings (SSSR count). The molecule has 2 amide bonds. The van der Waals surface area contributed by atoms with Crippen molar-refractivity contribution >= 4 is 11.8 Å². The second-order valence-corrected chi connectivity index (χ2v) is 6.43. The molecule has 1 aromatic rings. The van der Waals surface area contributed by atoms with E-state index in [2.05, 4.69) is 0 Å². The lowest BCUT2D eigenvalue weighted by Crippen LogP contribution is -2.41. The Labute approximate surface area is 148 Å². The minimum atomic E-state index is -0.284. The van der Waals surface area contributed by atoms with E-state index in [-0.39, 0.29) is 17.9 Å². The third-order valence-electron chi connectivity index (χ3n) is 4.71. The summed E-state index contributed by atoms with van der Waals surface area (Å²) in [6, 6.07) is 7.24. The maximum Gasteiger partial charge on any atom is 0.253 e. The quantitative estimate of drug-likeness (QED) is 0.836. The molecule has 1 unspecified atom stereocenters. The average molecular weight is 346 g/mol. The number of carbonyl (C=O) groups excluding carboxylic acids is 2. The van der Waals surface area contributed by atoms with Crippen LogP contribution in [-0.4, -0.2) is 67.1 Å². The SMILES string of the molecule is CCOc1ccc(C(=O)N2CCCN(C(=O)C3CCCO3)CC2)cc1. The molecule has 2 aliphatic heterocycles. The van der Waals surface area contributed by atoms with Gasteiger partial charge in [0.1, 0.15) is 11.9 Å². The van der Waals surface area contributed by atoms with Gasteiger partial charge in [-0.25, -0.2) is 0 Å². The van der Waals surface area contributed by atoms with Crippen molar-refractivity contribution in [2.24, 2.45) is 0 Å². The number of ether oxygens (including phenoxy) is 2. The molecule has 136 valence electrons. The predicted octanol–water partition coefficient (Wildman–Crippen LogP) is 1.94. The van der Waals surface area contributed by atoms with E-state index in [9.17, 15) is 9.59 Å². The first-order valence-corrected chi connectivity index (χ1v) is 9.11. The highest BCUT2D eigenvalue weighted by Crippen LogP contribution is 2.18. The van der Waals surface area contributed by atoms with Crippen molar-refractivity contribution in [2.45, 2.75) is 32.3 Å². The first-order chi connectivity index (χ1) is 12.2. The molecule has 0 aliphatic carbocycles. The zero-order valence-electron chi connectivity index (χ0n) is 14.8. The molecule has 2 heterocycles. The van der Waals surface area contributed by atoms with Crippen molar-refractivity contribution in [3.05, 3.63) is 29.8 Å². The number of rotatable bonds is 4. The van der Waals surface area contributed by atoms with Crippen LogP contribution in [0.1, 0.15) is 36.5 Å². The van der Waals surface area contributed by atoms with Crippen LogP contribution in [0.5, 0.6) is 5.75 Å². The van der Waals surface area contributed by atoms with Gasteiger partial charge < -0.3 is 19.3 Å². The number of carbonyl (C=O) groups is 2. The Balaban J connectivity index is 1.58. The van der Waals surface area contributed by atoms with Crippen molar-refractivity contribution in [2.75, 3.05) is 39.4 Å². The minimum absolute atomic E-state index is 0.00876. The van der Waals surface area contributed by atoms with Crippen LogP contribution in [0, 0.1) is 0 Å². The maximum atomic E-state index is 12.7. The Bertz CT molecular complexity index is 596. The van der Waals surface area contributed by atoms with Gasteiger partial charge in [0.2, 0.25) is 0 Å². The van der Waals surface area contributed by atoms with Gasteiger partial charge in [0.25, 0.3) is 11.8 Å². The molecule has 25 heavy (non-hydrogen) atoms. The Kier molecular flexibility index (Phi) is 5.91. The average Bonchev–Trinajstić information content (AvgIpc) is 3.06. The standard InChI is InChI=1S/C19H26N2O4/c1-2-24-16-8-6-15(7-9-16)18(22)20-10-4-11-21(13-12-20)19(23)17-5-3-14-25-17/h6-9,17H,2-5,10-14H2,1H3. The fourth-order valence-corrected chi connectivity index (χ4v) is 3.36. The van der Waals surface area contributed by atoms with Gasteiger partial charge in [-0.2, -0.15) is 0 Å². The second-order valence-electron chi connectivity index (χ2n) is 6.43. The van der Waals surface area contributed by atoms with E-state index in [1.807, 2.05) is 28.9 Å². The van der Waals surface area contributed by atoms with Crippen molar-refractivity contribution < 1.29 is 19.1 Å². The summed E-state index contributed by atoms with van der Waals surface area (Å²) < 4.78 is 10.9. The fraction of sp³-hybridized carbons (Fsp3) is 0.579. The summed E-state index contributed by atoms with van der Waals surface area (Å²) in [4.78, 5) is 28.9. The third kappa shape index (κ3) is 4.31. The normalized spacial score (nSPS) is 21.1. The molecule has 1 atom stereocenters. The van der Waals surface area contributed by atoms with E-state index in [0.29, 0.717) is 45.0 Å². The molecule has 2 aliphatic rings. The van der Waals surface area contributed by atoms with E-state index >= 15 is 0 Å². The molecule has 0 spiro atoms. The Hall–Kier alpha value is -2.08. The van der Waals surface area contributed by atoms with Crippen molar-refractivity contribution in [1.82, 2.24) is 9.80 Å². The summed E-state index contributed by atoms with van der Waals surface area (Å²) in [7, 11) is 0. The molecular formula is C19H26N2O4. The van der Waals surface area contributed by atoms with Gasteiger partial charge in [-0.3, -0.25) is 9.59 Å². The van der Waals surface area contributed by atoms with E-state index < -0.39 is 0 Å².